The van der Waals surface area contributed by atoms with Crippen LogP contribution < -0.4 is 0 Å². The maximum Gasteiger partial charge on any atom is -0.000809 e. The van der Waals surface area contributed by atoms with Gasteiger partial charge in [-0.2, -0.15) is 0 Å². The minimum atomic E-state index is 1.10. The molecule has 12 aromatic carbocycles. The largest absolute Gasteiger partial charge is 0.0617 e. The molecule has 12 aromatic rings. The Hall–Kier alpha value is -9.36. The highest BCUT2D eigenvalue weighted by atomic mass is 14.3. The van der Waals surface area contributed by atoms with Crippen molar-refractivity contribution >= 4 is 0 Å². The molecule has 0 saturated carbocycles. The smallest absolute Gasteiger partial charge is 0.000809 e. The molecule has 0 N–H and O–H groups in total. The van der Waals surface area contributed by atoms with Gasteiger partial charge in [-0.15, -0.1) is 0 Å². The average molecular weight is 1330 g/mol. The first-order valence-electron chi connectivity index (χ1n) is 37.7. The van der Waals surface area contributed by atoms with E-state index in [9.17, 15) is 0 Å². The molecule has 0 atom stereocenters. The molecule has 6 aliphatic carbocycles. The second-order valence-electron chi connectivity index (χ2n) is 31.7. The van der Waals surface area contributed by atoms with Crippen LogP contribution in [0.1, 0.15) is 200 Å². The van der Waals surface area contributed by atoms with E-state index in [4.69, 9.17) is 0 Å². The van der Waals surface area contributed by atoms with Crippen molar-refractivity contribution in [1.29, 1.82) is 0 Å². The molecular weight excluding hydrogens is 1230 g/mol. The predicted molar refractivity (Wildman–Crippen MR) is 442 cm³/mol. The summed E-state index contributed by atoms with van der Waals surface area (Å²) in [5.74, 6) is 0. The molecule has 0 fully saturated rings. The molecule has 516 valence electrons. The van der Waals surface area contributed by atoms with Crippen LogP contribution >= 0.6 is 0 Å². The zero-order valence-electron chi connectivity index (χ0n) is 66.1. The minimum absolute atomic E-state index is 1.10. The van der Waals surface area contributed by atoms with Gasteiger partial charge in [0.1, 0.15) is 0 Å². The Kier molecular flexibility index (Phi) is 19.3. The maximum atomic E-state index is 2.37. The first-order chi connectivity index (χ1) is 48.5. The third-order valence-corrected chi connectivity index (χ3v) is 25.4. The summed E-state index contributed by atoms with van der Waals surface area (Å²) in [6, 6.07) is 54.7. The Morgan fingerprint density at radius 3 is 1.08 bits per heavy atom. The van der Waals surface area contributed by atoms with E-state index >= 15 is 0 Å². The van der Waals surface area contributed by atoms with Gasteiger partial charge in [-0.1, -0.05) is 162 Å². The lowest BCUT2D eigenvalue weighted by atomic mass is 9.92. The van der Waals surface area contributed by atoms with E-state index in [-0.39, 0.29) is 0 Å². The van der Waals surface area contributed by atoms with E-state index in [1.807, 2.05) is 0 Å². The quantitative estimate of drug-likeness (QED) is 0.142. The first kappa shape index (κ1) is 71.1. The standard InChI is InChI=1S/6C17H18/c1-10-5-6-15-14(7-10)9-16-13(4)12(3)11(2)8-17(15)16;1-10-5-6-14-9-15-13(4)12(3)11(2)8-17(15)16(14)7-10;1-10-5-6-14-9-15-8-11(2)12(3)13(4)17(15)16(14)7-10;1-10-6-5-7-14-15(10)9-16-13(4)12(3)11(2)8-17(14)16;1-10-6-5-7-14-9-15-13(4)12(3)11(2)8-16(15)17(10)14;1-10-6-5-7-14-9-15-8-11(2)12(3)13(4)17(15)16(10)14/h6*5-8H,9H2,1-4H3. The molecule has 0 aliphatic heterocycles. The molecule has 0 amide bonds. The SMILES string of the molecule is Cc1cc2c(c(C)c1C)-c1c(C)cccc1C2.Cc1cc2c(c(C)c1C)Cc1c(C)cccc1-2.Cc1cc2c(c(C)c1C)Cc1cccc(C)c1-2.Cc1ccc2c(c1)-c1c(cc(C)c(C)c1C)C2.Cc1ccc2c(c1)-c1cc(C)c(C)c(C)c1C2.Cc1ccc2c(c1)Cc1c-2cc(C)c(C)c1C. The van der Waals surface area contributed by atoms with Crippen LogP contribution in [0.15, 0.2) is 146 Å². The molecule has 0 spiro atoms. The summed E-state index contributed by atoms with van der Waals surface area (Å²) in [6.45, 7) is 53.5. The molecule has 0 heterocycles. The maximum absolute atomic E-state index is 2.37. The highest BCUT2D eigenvalue weighted by Gasteiger charge is 2.29. The summed E-state index contributed by atoms with van der Waals surface area (Å²) in [7, 11) is 0. The van der Waals surface area contributed by atoms with Gasteiger partial charge in [0.2, 0.25) is 0 Å². The van der Waals surface area contributed by atoms with Crippen molar-refractivity contribution in [1.82, 2.24) is 0 Å². The summed E-state index contributed by atoms with van der Waals surface area (Å²) in [5.41, 5.74) is 70.1. The van der Waals surface area contributed by atoms with Gasteiger partial charge in [-0.05, 0) is 455 Å². The van der Waals surface area contributed by atoms with Crippen molar-refractivity contribution in [3.63, 3.8) is 0 Å². The first-order valence-corrected chi connectivity index (χ1v) is 37.7. The van der Waals surface area contributed by atoms with Gasteiger partial charge in [0, 0.05) is 0 Å². The zero-order valence-corrected chi connectivity index (χ0v) is 66.1. The lowest BCUT2D eigenvalue weighted by Gasteiger charge is -2.13. The Balaban J connectivity index is 0.000000109. The molecule has 6 aliphatic rings. The van der Waals surface area contributed by atoms with Gasteiger partial charge >= 0.3 is 0 Å². The van der Waals surface area contributed by atoms with Gasteiger partial charge in [0.25, 0.3) is 0 Å². The van der Waals surface area contributed by atoms with E-state index in [2.05, 4.69) is 312 Å². The number of hydrogen-bond acceptors (Lipinski definition) is 0. The van der Waals surface area contributed by atoms with Crippen LogP contribution in [0.4, 0.5) is 0 Å². The van der Waals surface area contributed by atoms with E-state index in [0.717, 1.165) is 38.5 Å². The second-order valence-corrected chi connectivity index (χ2v) is 31.7. The average Bonchev–Trinajstić information content (AvgIpc) is 1.62. The van der Waals surface area contributed by atoms with Crippen LogP contribution in [0.5, 0.6) is 0 Å². The summed E-state index contributed by atoms with van der Waals surface area (Å²) >= 11 is 0. The highest BCUT2D eigenvalue weighted by Crippen LogP contribution is 2.48. The van der Waals surface area contributed by atoms with Crippen LogP contribution in [0.3, 0.4) is 0 Å². The lowest BCUT2D eigenvalue weighted by Crippen LogP contribution is -1.93. The molecule has 0 radical (unpaired) electrons. The van der Waals surface area contributed by atoms with Crippen LogP contribution in [0.25, 0.3) is 66.8 Å². The lowest BCUT2D eigenvalue weighted by molar-refractivity contribution is 1.15. The van der Waals surface area contributed by atoms with E-state index in [0.29, 0.717) is 0 Å². The van der Waals surface area contributed by atoms with Crippen LogP contribution in [0, 0.1) is 166 Å². The second kappa shape index (κ2) is 27.8. The molecule has 102 heavy (non-hydrogen) atoms. The number of rotatable bonds is 0. The van der Waals surface area contributed by atoms with Crippen LogP contribution in [0.2, 0.25) is 0 Å². The fourth-order valence-corrected chi connectivity index (χ4v) is 17.9. The predicted octanol–water partition coefficient (Wildman–Crippen LogP) is 26.9. The highest BCUT2D eigenvalue weighted by molar-refractivity contribution is 5.86. The topological polar surface area (TPSA) is 0 Å². The Morgan fingerprint density at radius 2 is 0.520 bits per heavy atom. The third-order valence-electron chi connectivity index (χ3n) is 25.4. The zero-order chi connectivity index (χ0) is 72.9. The number of hydrogen-bond donors (Lipinski definition) is 0. The van der Waals surface area contributed by atoms with Crippen LogP contribution in [-0.4, -0.2) is 0 Å². The van der Waals surface area contributed by atoms with Crippen molar-refractivity contribution in [2.45, 2.75) is 205 Å². The van der Waals surface area contributed by atoms with E-state index < -0.39 is 0 Å². The Morgan fingerprint density at radius 1 is 0.157 bits per heavy atom. The molecule has 0 nitrogen and oxygen atoms in total. The Labute approximate surface area is 613 Å². The molecule has 0 bridgehead atoms. The fraction of sp³-hybridized carbons (Fsp3) is 0.294. The van der Waals surface area contributed by atoms with Gasteiger partial charge < -0.3 is 0 Å². The van der Waals surface area contributed by atoms with E-state index in [1.165, 1.54) is 267 Å². The molecular formula is C102H108. The van der Waals surface area contributed by atoms with Crippen molar-refractivity contribution in [2.75, 3.05) is 0 Å². The fourth-order valence-electron chi connectivity index (χ4n) is 17.9. The normalized spacial score (nSPS) is 12.5. The van der Waals surface area contributed by atoms with Crippen molar-refractivity contribution in [3.8, 4) is 66.8 Å². The summed E-state index contributed by atoms with van der Waals surface area (Å²) < 4.78 is 0. The summed E-state index contributed by atoms with van der Waals surface area (Å²) in [4.78, 5) is 0. The Bertz CT molecular complexity index is 5450. The number of aryl methyl sites for hydroxylation is 12. The monoisotopic (exact) mass is 1330 g/mol. The molecule has 18 rings (SSSR count). The molecule has 0 heteroatoms. The molecule has 0 aromatic heterocycles. The van der Waals surface area contributed by atoms with Gasteiger partial charge in [-0.3, -0.25) is 0 Å². The van der Waals surface area contributed by atoms with Gasteiger partial charge in [0.15, 0.2) is 0 Å². The summed E-state index contributed by atoms with van der Waals surface area (Å²) in [6.07, 6.45) is 6.65. The van der Waals surface area contributed by atoms with Gasteiger partial charge in [-0.25, -0.2) is 0 Å². The minimum Gasteiger partial charge on any atom is -0.0617 e. The van der Waals surface area contributed by atoms with Crippen molar-refractivity contribution in [3.05, 3.63) is 346 Å². The van der Waals surface area contributed by atoms with Crippen LogP contribution in [-0.2, 0) is 38.5 Å². The van der Waals surface area contributed by atoms with Gasteiger partial charge in [0.05, 0.1) is 0 Å². The van der Waals surface area contributed by atoms with Crippen molar-refractivity contribution in [2.24, 2.45) is 0 Å². The number of fused-ring (bicyclic) bond motifs is 18. The van der Waals surface area contributed by atoms with Crippen molar-refractivity contribution < 1.29 is 0 Å². The molecule has 0 saturated heterocycles. The third kappa shape index (κ3) is 12.7. The number of benzene rings is 12. The summed E-state index contributed by atoms with van der Waals surface area (Å²) in [5, 5.41) is 0. The van der Waals surface area contributed by atoms with E-state index in [1.54, 1.807) is 0 Å². The molecule has 0 unspecified atom stereocenters.